The molecule has 0 aliphatic rings. The largest absolute Gasteiger partial charge is 0.497 e. The average Bonchev–Trinajstić information content (AvgIpc) is 2.27. The van der Waals surface area contributed by atoms with Gasteiger partial charge in [-0.05, 0) is 30.5 Å². The molecule has 3 N–H and O–H groups in total. The van der Waals surface area contributed by atoms with Gasteiger partial charge in [-0.15, -0.1) is 0 Å². The first-order chi connectivity index (χ1) is 7.57. The maximum absolute atomic E-state index is 5.58. The van der Waals surface area contributed by atoms with Crippen LogP contribution in [0.2, 0.25) is 0 Å². The fraction of sp³-hybridized carbons (Fsp3) is 0.538. The Bertz CT molecular complexity index is 323. The Balaban J connectivity index is 2.53. The molecule has 0 radical (unpaired) electrons. The molecule has 0 spiro atoms. The van der Waals surface area contributed by atoms with Gasteiger partial charge in [-0.2, -0.15) is 0 Å². The molecule has 0 unspecified atom stereocenters. The van der Waals surface area contributed by atoms with Gasteiger partial charge in [-0.25, -0.2) is 0 Å². The van der Waals surface area contributed by atoms with Crippen LogP contribution >= 0.6 is 0 Å². The SMILES string of the molecule is COc1cccc(NCC(C)(C)CCN)c1. The minimum Gasteiger partial charge on any atom is -0.497 e. The Morgan fingerprint density at radius 2 is 2.12 bits per heavy atom. The van der Waals surface area contributed by atoms with E-state index in [1.54, 1.807) is 7.11 Å². The van der Waals surface area contributed by atoms with Crippen LogP contribution < -0.4 is 15.8 Å². The maximum atomic E-state index is 5.58. The van der Waals surface area contributed by atoms with Gasteiger partial charge in [0.15, 0.2) is 0 Å². The highest BCUT2D eigenvalue weighted by atomic mass is 16.5. The number of hydrogen-bond acceptors (Lipinski definition) is 3. The molecular weight excluding hydrogens is 200 g/mol. The molecule has 0 atom stereocenters. The van der Waals surface area contributed by atoms with E-state index in [1.807, 2.05) is 24.3 Å². The van der Waals surface area contributed by atoms with E-state index in [4.69, 9.17) is 10.5 Å². The molecule has 1 aromatic carbocycles. The zero-order chi connectivity index (χ0) is 12.0. The molecule has 0 saturated heterocycles. The predicted octanol–water partition coefficient (Wildman–Crippen LogP) is 2.48. The molecule has 0 heterocycles. The Kier molecular flexibility index (Phi) is 4.62. The molecule has 1 aromatic rings. The third kappa shape index (κ3) is 4.11. The molecule has 90 valence electrons. The maximum Gasteiger partial charge on any atom is 0.120 e. The lowest BCUT2D eigenvalue weighted by Crippen LogP contribution is -2.26. The van der Waals surface area contributed by atoms with Gasteiger partial charge in [-0.3, -0.25) is 0 Å². The van der Waals surface area contributed by atoms with Crippen LogP contribution in [0.3, 0.4) is 0 Å². The zero-order valence-electron chi connectivity index (χ0n) is 10.4. The topological polar surface area (TPSA) is 47.3 Å². The summed E-state index contributed by atoms with van der Waals surface area (Å²) in [6.45, 7) is 6.07. The Morgan fingerprint density at radius 3 is 2.75 bits per heavy atom. The molecule has 1 rings (SSSR count). The van der Waals surface area contributed by atoms with Crippen LogP contribution in [0.1, 0.15) is 20.3 Å². The van der Waals surface area contributed by atoms with E-state index in [-0.39, 0.29) is 5.41 Å². The Morgan fingerprint density at radius 1 is 1.38 bits per heavy atom. The molecule has 0 aliphatic heterocycles. The predicted molar refractivity (Wildman–Crippen MR) is 68.9 cm³/mol. The van der Waals surface area contributed by atoms with Gasteiger partial charge in [-0.1, -0.05) is 19.9 Å². The van der Waals surface area contributed by atoms with Crippen molar-refractivity contribution in [2.45, 2.75) is 20.3 Å². The first-order valence-electron chi connectivity index (χ1n) is 5.65. The molecule has 0 amide bonds. The van der Waals surface area contributed by atoms with E-state index in [1.165, 1.54) is 0 Å². The Labute approximate surface area is 98.0 Å². The third-order valence-electron chi connectivity index (χ3n) is 2.66. The fourth-order valence-corrected chi connectivity index (χ4v) is 1.55. The summed E-state index contributed by atoms with van der Waals surface area (Å²) in [5, 5.41) is 3.41. The lowest BCUT2D eigenvalue weighted by Gasteiger charge is -2.24. The minimum absolute atomic E-state index is 0.220. The van der Waals surface area contributed by atoms with Crippen LogP contribution in [0.4, 0.5) is 5.69 Å². The van der Waals surface area contributed by atoms with E-state index in [9.17, 15) is 0 Å². The molecule has 0 aromatic heterocycles. The summed E-state index contributed by atoms with van der Waals surface area (Å²) >= 11 is 0. The monoisotopic (exact) mass is 222 g/mol. The average molecular weight is 222 g/mol. The van der Waals surface area contributed by atoms with Crippen molar-refractivity contribution in [1.82, 2.24) is 0 Å². The summed E-state index contributed by atoms with van der Waals surface area (Å²) < 4.78 is 5.17. The molecule has 0 bridgehead atoms. The number of ether oxygens (including phenoxy) is 1. The van der Waals surface area contributed by atoms with Crippen LogP contribution in [-0.2, 0) is 0 Å². The van der Waals surface area contributed by atoms with Crippen LogP contribution in [0, 0.1) is 5.41 Å². The quantitative estimate of drug-likeness (QED) is 0.777. The van der Waals surface area contributed by atoms with Crippen molar-refractivity contribution in [2.75, 3.05) is 25.5 Å². The highest BCUT2D eigenvalue weighted by Crippen LogP contribution is 2.22. The molecule has 0 aliphatic carbocycles. The number of hydrogen-bond donors (Lipinski definition) is 2. The third-order valence-corrected chi connectivity index (χ3v) is 2.66. The molecular formula is C13H22N2O. The number of anilines is 1. The standard InChI is InChI=1S/C13H22N2O/c1-13(2,7-8-14)10-15-11-5-4-6-12(9-11)16-3/h4-6,9,15H,7-8,10,14H2,1-3H3. The summed E-state index contributed by atoms with van der Waals surface area (Å²) in [4.78, 5) is 0. The van der Waals surface area contributed by atoms with Crippen molar-refractivity contribution in [1.29, 1.82) is 0 Å². The van der Waals surface area contributed by atoms with E-state index < -0.39 is 0 Å². The van der Waals surface area contributed by atoms with Gasteiger partial charge in [0, 0.05) is 18.3 Å². The summed E-state index contributed by atoms with van der Waals surface area (Å²) in [7, 11) is 1.68. The van der Waals surface area contributed by atoms with Gasteiger partial charge in [0.25, 0.3) is 0 Å². The van der Waals surface area contributed by atoms with Crippen LogP contribution in [0.5, 0.6) is 5.75 Å². The van der Waals surface area contributed by atoms with E-state index in [0.717, 1.165) is 30.9 Å². The highest BCUT2D eigenvalue weighted by Gasteiger charge is 2.16. The summed E-state index contributed by atoms with van der Waals surface area (Å²) in [6.07, 6.45) is 1.02. The van der Waals surface area contributed by atoms with Gasteiger partial charge in [0.1, 0.15) is 5.75 Å². The molecule has 16 heavy (non-hydrogen) atoms. The second kappa shape index (κ2) is 5.75. The number of benzene rings is 1. The Hall–Kier alpha value is -1.22. The lowest BCUT2D eigenvalue weighted by atomic mass is 9.89. The van der Waals surface area contributed by atoms with Crippen LogP contribution in [-0.4, -0.2) is 20.2 Å². The van der Waals surface area contributed by atoms with Crippen molar-refractivity contribution >= 4 is 5.69 Å². The van der Waals surface area contributed by atoms with Crippen molar-refractivity contribution in [3.8, 4) is 5.75 Å². The second-order valence-corrected chi connectivity index (χ2v) is 4.79. The molecule has 3 heteroatoms. The highest BCUT2D eigenvalue weighted by molar-refractivity contribution is 5.48. The fourth-order valence-electron chi connectivity index (χ4n) is 1.55. The van der Waals surface area contributed by atoms with E-state index >= 15 is 0 Å². The molecule has 3 nitrogen and oxygen atoms in total. The molecule has 0 saturated carbocycles. The first kappa shape index (κ1) is 12.8. The van der Waals surface area contributed by atoms with Crippen molar-refractivity contribution in [3.05, 3.63) is 24.3 Å². The minimum atomic E-state index is 0.220. The van der Waals surface area contributed by atoms with E-state index in [2.05, 4.69) is 19.2 Å². The smallest absolute Gasteiger partial charge is 0.120 e. The molecule has 0 fully saturated rings. The normalized spacial score (nSPS) is 11.2. The van der Waals surface area contributed by atoms with Crippen molar-refractivity contribution in [2.24, 2.45) is 11.1 Å². The van der Waals surface area contributed by atoms with Crippen LogP contribution in [0.15, 0.2) is 24.3 Å². The van der Waals surface area contributed by atoms with Gasteiger partial charge >= 0.3 is 0 Å². The summed E-state index contributed by atoms with van der Waals surface area (Å²) in [6, 6.07) is 7.97. The summed E-state index contributed by atoms with van der Waals surface area (Å²) in [5.41, 5.74) is 6.89. The first-order valence-corrected chi connectivity index (χ1v) is 5.65. The van der Waals surface area contributed by atoms with Gasteiger partial charge in [0.05, 0.1) is 7.11 Å². The zero-order valence-corrected chi connectivity index (χ0v) is 10.4. The van der Waals surface area contributed by atoms with Crippen LogP contribution in [0.25, 0.3) is 0 Å². The number of nitrogens with one attached hydrogen (secondary N) is 1. The number of rotatable bonds is 6. The van der Waals surface area contributed by atoms with E-state index in [0.29, 0.717) is 0 Å². The van der Waals surface area contributed by atoms with Crippen molar-refractivity contribution < 1.29 is 4.74 Å². The number of nitrogens with two attached hydrogens (primary N) is 1. The number of methoxy groups -OCH3 is 1. The second-order valence-electron chi connectivity index (χ2n) is 4.79. The lowest BCUT2D eigenvalue weighted by molar-refractivity contribution is 0.365. The summed E-state index contributed by atoms with van der Waals surface area (Å²) in [5.74, 6) is 0.877. The van der Waals surface area contributed by atoms with Gasteiger partial charge in [0.2, 0.25) is 0 Å². The van der Waals surface area contributed by atoms with Gasteiger partial charge < -0.3 is 15.8 Å². The van der Waals surface area contributed by atoms with Crippen molar-refractivity contribution in [3.63, 3.8) is 0 Å².